The van der Waals surface area contributed by atoms with E-state index < -0.39 is 0 Å². The molecule has 0 heterocycles. The summed E-state index contributed by atoms with van der Waals surface area (Å²) in [6.45, 7) is 2.78. The average Bonchev–Trinajstić information content (AvgIpc) is 2.45. The summed E-state index contributed by atoms with van der Waals surface area (Å²) in [5.74, 6) is 0.847. The average molecular weight is 261 g/mol. The molecule has 1 rings (SSSR count). The fourth-order valence-corrected chi connectivity index (χ4v) is 2.29. The second-order valence-corrected chi connectivity index (χ2v) is 4.65. The van der Waals surface area contributed by atoms with E-state index in [1.807, 2.05) is 31.3 Å². The maximum absolute atomic E-state index is 8.73. The third-order valence-electron chi connectivity index (χ3n) is 3.39. The Bertz CT molecular complexity index is 428. The molecule has 1 aromatic carbocycles. The molecule has 0 aromatic heterocycles. The largest absolute Gasteiger partial charge is 0.496 e. The number of hydrogen-bond donors (Lipinski definition) is 1. The van der Waals surface area contributed by atoms with E-state index in [0.29, 0.717) is 13.0 Å². The van der Waals surface area contributed by atoms with Gasteiger partial charge in [0.05, 0.1) is 19.2 Å². The first kappa shape index (κ1) is 15.5. The van der Waals surface area contributed by atoms with Gasteiger partial charge in [0.25, 0.3) is 0 Å². The zero-order chi connectivity index (χ0) is 14.3. The van der Waals surface area contributed by atoms with E-state index in [-0.39, 0.29) is 12.1 Å². The van der Waals surface area contributed by atoms with Crippen molar-refractivity contribution in [2.24, 2.45) is 5.73 Å². The molecule has 0 bridgehead atoms. The van der Waals surface area contributed by atoms with Gasteiger partial charge in [-0.15, -0.1) is 0 Å². The monoisotopic (exact) mass is 261 g/mol. The van der Waals surface area contributed by atoms with Crippen LogP contribution in [0.1, 0.15) is 31.4 Å². The zero-order valence-electron chi connectivity index (χ0n) is 12.0. The predicted octanol–water partition coefficient (Wildman–Crippen LogP) is 2.32. The van der Waals surface area contributed by atoms with Crippen LogP contribution >= 0.6 is 0 Å². The van der Waals surface area contributed by atoms with Gasteiger partial charge in [-0.2, -0.15) is 5.26 Å². The zero-order valence-corrected chi connectivity index (χ0v) is 12.0. The van der Waals surface area contributed by atoms with Crippen molar-refractivity contribution in [3.05, 3.63) is 29.8 Å². The number of nitrogens with zero attached hydrogens (tertiary/aromatic N) is 2. The minimum absolute atomic E-state index is 0.0139. The van der Waals surface area contributed by atoms with Gasteiger partial charge in [0.15, 0.2) is 0 Å². The van der Waals surface area contributed by atoms with Gasteiger partial charge in [0, 0.05) is 24.6 Å². The van der Waals surface area contributed by atoms with E-state index in [4.69, 9.17) is 15.7 Å². The van der Waals surface area contributed by atoms with Gasteiger partial charge in [-0.25, -0.2) is 0 Å². The number of likely N-dealkylation sites (N-methyl/N-ethyl adjacent to an activating group) is 1. The molecular weight excluding hydrogens is 238 g/mol. The standard InChI is InChI=1S/C15H23N3O/c1-4-13(17)15(18(2)11-7-10-16)12-8-5-6-9-14(12)19-3/h5-6,8-9,13,15H,4,7,11,17H2,1-3H3. The van der Waals surface area contributed by atoms with Crippen LogP contribution in [-0.2, 0) is 0 Å². The van der Waals surface area contributed by atoms with Gasteiger partial charge in [-0.05, 0) is 19.5 Å². The normalized spacial score (nSPS) is 13.9. The first-order chi connectivity index (χ1) is 9.15. The van der Waals surface area contributed by atoms with E-state index in [0.717, 1.165) is 17.7 Å². The summed E-state index contributed by atoms with van der Waals surface area (Å²) in [6.07, 6.45) is 1.37. The molecule has 0 aliphatic carbocycles. The number of para-hydroxylation sites is 1. The summed E-state index contributed by atoms with van der Waals surface area (Å²) >= 11 is 0. The van der Waals surface area contributed by atoms with Crippen LogP contribution in [0, 0.1) is 11.3 Å². The number of nitrogens with two attached hydrogens (primary N) is 1. The van der Waals surface area contributed by atoms with Crippen LogP contribution in [-0.4, -0.2) is 31.6 Å². The lowest BCUT2D eigenvalue weighted by atomic mass is 9.95. The third-order valence-corrected chi connectivity index (χ3v) is 3.39. The molecule has 2 atom stereocenters. The summed E-state index contributed by atoms with van der Waals surface area (Å²) < 4.78 is 5.43. The lowest BCUT2D eigenvalue weighted by Crippen LogP contribution is -2.39. The van der Waals surface area contributed by atoms with Crippen LogP contribution in [0.5, 0.6) is 5.75 Å². The SMILES string of the molecule is CCC(N)C(c1ccccc1OC)N(C)CCC#N. The van der Waals surface area contributed by atoms with Crippen molar-refractivity contribution in [2.75, 3.05) is 20.7 Å². The molecule has 0 saturated carbocycles. The topological polar surface area (TPSA) is 62.3 Å². The summed E-state index contributed by atoms with van der Waals surface area (Å²) in [5, 5.41) is 8.73. The summed E-state index contributed by atoms with van der Waals surface area (Å²) in [5.41, 5.74) is 7.35. The Morgan fingerprint density at radius 2 is 2.11 bits per heavy atom. The number of nitriles is 1. The molecule has 1 aromatic rings. The minimum Gasteiger partial charge on any atom is -0.496 e. The van der Waals surface area contributed by atoms with Crippen molar-refractivity contribution in [3.63, 3.8) is 0 Å². The highest BCUT2D eigenvalue weighted by atomic mass is 16.5. The second kappa shape index (κ2) is 7.78. The van der Waals surface area contributed by atoms with Crippen molar-refractivity contribution in [3.8, 4) is 11.8 Å². The van der Waals surface area contributed by atoms with Crippen molar-refractivity contribution >= 4 is 0 Å². The van der Waals surface area contributed by atoms with E-state index in [2.05, 4.69) is 17.9 Å². The Morgan fingerprint density at radius 1 is 1.42 bits per heavy atom. The van der Waals surface area contributed by atoms with Crippen LogP contribution in [0.25, 0.3) is 0 Å². The molecule has 0 aliphatic rings. The minimum atomic E-state index is 0.0139. The summed E-state index contributed by atoms with van der Waals surface area (Å²) in [4.78, 5) is 2.13. The van der Waals surface area contributed by atoms with Gasteiger partial charge >= 0.3 is 0 Å². The first-order valence-electron chi connectivity index (χ1n) is 6.61. The van der Waals surface area contributed by atoms with E-state index in [1.165, 1.54) is 0 Å². The molecule has 0 spiro atoms. The fourth-order valence-electron chi connectivity index (χ4n) is 2.29. The van der Waals surface area contributed by atoms with E-state index in [1.54, 1.807) is 7.11 Å². The number of rotatable bonds is 7. The fraction of sp³-hybridized carbons (Fsp3) is 0.533. The quantitative estimate of drug-likeness (QED) is 0.818. The summed E-state index contributed by atoms with van der Waals surface area (Å²) in [6, 6.07) is 10.2. The maximum Gasteiger partial charge on any atom is 0.123 e. The van der Waals surface area contributed by atoms with Gasteiger partial charge in [-0.3, -0.25) is 4.90 Å². The van der Waals surface area contributed by atoms with E-state index in [9.17, 15) is 0 Å². The van der Waals surface area contributed by atoms with Gasteiger partial charge < -0.3 is 10.5 Å². The van der Waals surface area contributed by atoms with Crippen LogP contribution in [0.2, 0.25) is 0 Å². The number of methoxy groups -OCH3 is 1. The molecule has 0 radical (unpaired) electrons. The third kappa shape index (κ3) is 3.95. The smallest absolute Gasteiger partial charge is 0.123 e. The molecular formula is C15H23N3O. The van der Waals surface area contributed by atoms with Crippen molar-refractivity contribution in [1.82, 2.24) is 4.90 Å². The van der Waals surface area contributed by atoms with Crippen molar-refractivity contribution in [2.45, 2.75) is 31.8 Å². The second-order valence-electron chi connectivity index (χ2n) is 4.65. The molecule has 0 fully saturated rings. The molecule has 0 saturated heterocycles. The van der Waals surface area contributed by atoms with Crippen LogP contribution in [0.15, 0.2) is 24.3 Å². The Labute approximate surface area is 115 Å². The highest BCUT2D eigenvalue weighted by molar-refractivity contribution is 5.36. The molecule has 4 nitrogen and oxygen atoms in total. The van der Waals surface area contributed by atoms with Crippen LogP contribution < -0.4 is 10.5 Å². The highest BCUT2D eigenvalue weighted by Gasteiger charge is 2.25. The van der Waals surface area contributed by atoms with Crippen LogP contribution in [0.3, 0.4) is 0 Å². The maximum atomic E-state index is 8.73. The molecule has 19 heavy (non-hydrogen) atoms. The van der Waals surface area contributed by atoms with Crippen molar-refractivity contribution < 1.29 is 4.74 Å². The molecule has 4 heteroatoms. The number of ether oxygens (including phenoxy) is 1. The lowest BCUT2D eigenvalue weighted by Gasteiger charge is -2.33. The van der Waals surface area contributed by atoms with Crippen molar-refractivity contribution in [1.29, 1.82) is 5.26 Å². The molecule has 2 N–H and O–H groups in total. The lowest BCUT2D eigenvalue weighted by molar-refractivity contribution is 0.209. The molecule has 2 unspecified atom stereocenters. The number of benzene rings is 1. The molecule has 104 valence electrons. The molecule has 0 amide bonds. The van der Waals surface area contributed by atoms with Gasteiger partial charge in [0.2, 0.25) is 0 Å². The van der Waals surface area contributed by atoms with Crippen LogP contribution in [0.4, 0.5) is 0 Å². The Balaban J connectivity index is 3.06. The van der Waals surface area contributed by atoms with E-state index >= 15 is 0 Å². The first-order valence-corrected chi connectivity index (χ1v) is 6.61. The number of hydrogen-bond acceptors (Lipinski definition) is 4. The Morgan fingerprint density at radius 3 is 2.68 bits per heavy atom. The van der Waals surface area contributed by atoms with Gasteiger partial charge in [-0.1, -0.05) is 25.1 Å². The Kier molecular flexibility index (Phi) is 6.34. The molecule has 0 aliphatic heterocycles. The Hall–Kier alpha value is -1.57. The predicted molar refractivity (Wildman–Crippen MR) is 76.9 cm³/mol. The summed E-state index contributed by atoms with van der Waals surface area (Å²) in [7, 11) is 3.67. The van der Waals surface area contributed by atoms with Gasteiger partial charge in [0.1, 0.15) is 5.75 Å². The highest BCUT2D eigenvalue weighted by Crippen LogP contribution is 2.31.